The van der Waals surface area contributed by atoms with E-state index in [9.17, 15) is 5.11 Å². The molecule has 100 valence electrons. The summed E-state index contributed by atoms with van der Waals surface area (Å²) in [6.45, 7) is 5.64. The lowest BCUT2D eigenvalue weighted by molar-refractivity contribution is 0.0786. The largest absolute Gasteiger partial charge is 0.496 e. The molecule has 19 heavy (non-hydrogen) atoms. The van der Waals surface area contributed by atoms with Gasteiger partial charge in [-0.2, -0.15) is 0 Å². The first-order valence-electron chi connectivity index (χ1n) is 6.40. The van der Waals surface area contributed by atoms with E-state index in [0.717, 1.165) is 22.4 Å². The molecule has 0 aliphatic rings. The fourth-order valence-corrected chi connectivity index (χ4v) is 2.11. The summed E-state index contributed by atoms with van der Waals surface area (Å²) in [5.74, 6) is 0.846. The maximum atomic E-state index is 10.1. The van der Waals surface area contributed by atoms with Crippen molar-refractivity contribution >= 4 is 0 Å². The first-order chi connectivity index (χ1) is 8.91. The second-order valence-corrected chi connectivity index (χ2v) is 5.34. The minimum Gasteiger partial charge on any atom is -0.496 e. The molecule has 0 aromatic heterocycles. The Kier molecular flexibility index (Phi) is 3.63. The Bertz CT molecular complexity index is 580. The first kappa shape index (κ1) is 13.6. The molecule has 2 heteroatoms. The maximum Gasteiger partial charge on any atom is 0.126 e. The van der Waals surface area contributed by atoms with Gasteiger partial charge >= 0.3 is 0 Å². The van der Waals surface area contributed by atoms with Crippen LogP contribution in [0.25, 0.3) is 11.1 Å². The second-order valence-electron chi connectivity index (χ2n) is 5.34. The first-order valence-corrected chi connectivity index (χ1v) is 6.40. The molecule has 0 amide bonds. The average Bonchev–Trinajstić information content (AvgIpc) is 2.38. The van der Waals surface area contributed by atoms with Crippen LogP contribution in [0.2, 0.25) is 0 Å². The number of ether oxygens (including phenoxy) is 1. The summed E-state index contributed by atoms with van der Waals surface area (Å²) < 4.78 is 5.42. The van der Waals surface area contributed by atoms with E-state index >= 15 is 0 Å². The van der Waals surface area contributed by atoms with Crippen LogP contribution in [0.15, 0.2) is 42.5 Å². The van der Waals surface area contributed by atoms with Crippen molar-refractivity contribution in [3.8, 4) is 16.9 Å². The third kappa shape index (κ3) is 2.96. The van der Waals surface area contributed by atoms with Gasteiger partial charge < -0.3 is 9.84 Å². The Hall–Kier alpha value is -1.80. The summed E-state index contributed by atoms with van der Waals surface area (Å²) >= 11 is 0. The fourth-order valence-electron chi connectivity index (χ4n) is 2.11. The van der Waals surface area contributed by atoms with Gasteiger partial charge in [0.1, 0.15) is 5.75 Å². The van der Waals surface area contributed by atoms with E-state index in [4.69, 9.17) is 4.74 Å². The molecule has 2 rings (SSSR count). The van der Waals surface area contributed by atoms with Crippen LogP contribution in [0.4, 0.5) is 0 Å². The van der Waals surface area contributed by atoms with Crippen LogP contribution in [0, 0.1) is 6.92 Å². The molecule has 0 unspecified atom stereocenters. The molecule has 2 nitrogen and oxygen atoms in total. The molecule has 0 spiro atoms. The fraction of sp³-hybridized carbons (Fsp3) is 0.294. The number of hydrogen-bond donors (Lipinski definition) is 1. The summed E-state index contributed by atoms with van der Waals surface area (Å²) in [7, 11) is 1.67. The quantitative estimate of drug-likeness (QED) is 0.902. The molecule has 0 fully saturated rings. The van der Waals surface area contributed by atoms with Gasteiger partial charge in [-0.05, 0) is 50.1 Å². The van der Waals surface area contributed by atoms with Crippen molar-refractivity contribution < 1.29 is 9.84 Å². The van der Waals surface area contributed by atoms with Gasteiger partial charge in [0.25, 0.3) is 0 Å². The zero-order chi connectivity index (χ0) is 14.0. The van der Waals surface area contributed by atoms with Crippen molar-refractivity contribution in [3.05, 3.63) is 53.6 Å². The molecule has 0 saturated carbocycles. The molecule has 0 aliphatic heterocycles. The van der Waals surface area contributed by atoms with Gasteiger partial charge in [0.15, 0.2) is 0 Å². The van der Waals surface area contributed by atoms with Gasteiger partial charge in [-0.25, -0.2) is 0 Å². The number of hydrogen-bond acceptors (Lipinski definition) is 2. The smallest absolute Gasteiger partial charge is 0.126 e. The molecule has 2 aromatic rings. The van der Waals surface area contributed by atoms with Crippen LogP contribution < -0.4 is 4.74 Å². The standard InChI is InChI=1S/C17H20O2/c1-12-8-9-16(19-4)15(10-12)13-6-5-7-14(11-13)17(2,3)18/h5-11,18H,1-4H3. The number of aliphatic hydroxyl groups is 1. The molecule has 1 N–H and O–H groups in total. The minimum absolute atomic E-state index is 0.840. The van der Waals surface area contributed by atoms with E-state index in [1.807, 2.05) is 36.4 Å². The van der Waals surface area contributed by atoms with Crippen LogP contribution in [0.1, 0.15) is 25.0 Å². The van der Waals surface area contributed by atoms with E-state index in [1.165, 1.54) is 5.56 Å². The average molecular weight is 256 g/mol. The van der Waals surface area contributed by atoms with Gasteiger partial charge in [-0.15, -0.1) is 0 Å². The SMILES string of the molecule is COc1ccc(C)cc1-c1cccc(C(C)(C)O)c1. The maximum absolute atomic E-state index is 10.1. The Morgan fingerprint density at radius 2 is 1.79 bits per heavy atom. The molecule has 0 aliphatic carbocycles. The highest BCUT2D eigenvalue weighted by Crippen LogP contribution is 2.33. The Labute approximate surface area is 114 Å². The van der Waals surface area contributed by atoms with Crippen LogP contribution in [-0.2, 0) is 5.60 Å². The Morgan fingerprint density at radius 1 is 1.05 bits per heavy atom. The van der Waals surface area contributed by atoms with Crippen molar-refractivity contribution in [1.29, 1.82) is 0 Å². The van der Waals surface area contributed by atoms with Gasteiger partial charge in [-0.1, -0.05) is 29.8 Å². The topological polar surface area (TPSA) is 29.5 Å². The summed E-state index contributed by atoms with van der Waals surface area (Å²) in [5.41, 5.74) is 3.35. The van der Waals surface area contributed by atoms with Crippen molar-refractivity contribution in [3.63, 3.8) is 0 Å². The van der Waals surface area contributed by atoms with Crippen LogP contribution in [0.3, 0.4) is 0 Å². The number of aryl methyl sites for hydroxylation is 1. The molecule has 0 heterocycles. The number of methoxy groups -OCH3 is 1. The van der Waals surface area contributed by atoms with Crippen LogP contribution in [-0.4, -0.2) is 12.2 Å². The third-order valence-electron chi connectivity index (χ3n) is 3.24. The summed E-state index contributed by atoms with van der Waals surface area (Å²) in [6, 6.07) is 14.0. The van der Waals surface area contributed by atoms with Crippen molar-refractivity contribution in [2.45, 2.75) is 26.4 Å². The van der Waals surface area contributed by atoms with E-state index in [-0.39, 0.29) is 0 Å². The molecular formula is C17H20O2. The zero-order valence-corrected chi connectivity index (χ0v) is 11.9. The van der Waals surface area contributed by atoms with Gasteiger partial charge in [0.2, 0.25) is 0 Å². The van der Waals surface area contributed by atoms with Crippen molar-refractivity contribution in [1.82, 2.24) is 0 Å². The molecule has 2 aromatic carbocycles. The number of benzene rings is 2. The number of rotatable bonds is 3. The molecule has 0 bridgehead atoms. The Morgan fingerprint density at radius 3 is 2.42 bits per heavy atom. The molecular weight excluding hydrogens is 236 g/mol. The van der Waals surface area contributed by atoms with E-state index in [1.54, 1.807) is 21.0 Å². The predicted molar refractivity (Wildman–Crippen MR) is 78.4 cm³/mol. The van der Waals surface area contributed by atoms with Crippen LogP contribution >= 0.6 is 0 Å². The third-order valence-corrected chi connectivity index (χ3v) is 3.24. The monoisotopic (exact) mass is 256 g/mol. The lowest BCUT2D eigenvalue weighted by atomic mass is 9.93. The summed E-state index contributed by atoms with van der Waals surface area (Å²) in [6.07, 6.45) is 0. The minimum atomic E-state index is -0.840. The summed E-state index contributed by atoms with van der Waals surface area (Å²) in [4.78, 5) is 0. The van der Waals surface area contributed by atoms with E-state index in [2.05, 4.69) is 13.0 Å². The zero-order valence-electron chi connectivity index (χ0n) is 11.9. The van der Waals surface area contributed by atoms with Gasteiger partial charge in [0, 0.05) is 5.56 Å². The predicted octanol–water partition coefficient (Wildman–Crippen LogP) is 3.90. The lowest BCUT2D eigenvalue weighted by Crippen LogP contribution is -2.15. The van der Waals surface area contributed by atoms with E-state index < -0.39 is 5.60 Å². The molecule has 0 radical (unpaired) electrons. The highest BCUT2D eigenvalue weighted by Gasteiger charge is 2.17. The lowest BCUT2D eigenvalue weighted by Gasteiger charge is -2.19. The Balaban J connectivity index is 2.56. The second kappa shape index (κ2) is 5.06. The van der Waals surface area contributed by atoms with Crippen molar-refractivity contribution in [2.75, 3.05) is 7.11 Å². The highest BCUT2D eigenvalue weighted by molar-refractivity contribution is 5.71. The van der Waals surface area contributed by atoms with Gasteiger partial charge in [-0.3, -0.25) is 0 Å². The molecule has 0 atom stereocenters. The summed E-state index contributed by atoms with van der Waals surface area (Å²) in [5, 5.41) is 10.1. The van der Waals surface area contributed by atoms with Crippen LogP contribution in [0.5, 0.6) is 5.75 Å². The molecule has 0 saturated heterocycles. The van der Waals surface area contributed by atoms with Crippen molar-refractivity contribution in [2.24, 2.45) is 0 Å². The normalized spacial score (nSPS) is 11.4. The highest BCUT2D eigenvalue weighted by atomic mass is 16.5. The van der Waals surface area contributed by atoms with Gasteiger partial charge in [0.05, 0.1) is 12.7 Å². The van der Waals surface area contributed by atoms with E-state index in [0.29, 0.717) is 0 Å².